The minimum Gasteiger partial charge on any atom is -0.501 e. The van der Waals surface area contributed by atoms with Crippen LogP contribution in [0.5, 0.6) is 0 Å². The first-order chi connectivity index (χ1) is 19.0. The number of nitriles is 1. The van der Waals surface area contributed by atoms with E-state index in [4.69, 9.17) is 10.00 Å². The third-order valence-electron chi connectivity index (χ3n) is 6.78. The van der Waals surface area contributed by atoms with Crippen molar-refractivity contribution in [2.45, 2.75) is 59.3 Å². The van der Waals surface area contributed by atoms with Crippen molar-refractivity contribution < 1.29 is 9.13 Å². The first kappa shape index (κ1) is 33.7. The molecule has 5 heteroatoms. The van der Waals surface area contributed by atoms with E-state index in [0.717, 1.165) is 50.6 Å². The summed E-state index contributed by atoms with van der Waals surface area (Å²) in [5.74, 6) is 1.83. The number of methoxy groups -OCH3 is 1. The largest absolute Gasteiger partial charge is 0.501 e. The molecule has 1 heterocycles. The number of rotatable bonds is 6. The van der Waals surface area contributed by atoms with Crippen molar-refractivity contribution in [3.63, 3.8) is 0 Å². The lowest BCUT2D eigenvalue weighted by Crippen LogP contribution is -2.20. The SMILES string of the molecule is CCC(CC)CC.CNCC1=CC=CCC(OC)=C1.Fc1ccccc1.N#CN1CCc2ccccc2CC1. The third-order valence-corrected chi connectivity index (χ3v) is 6.78. The first-order valence-electron chi connectivity index (χ1n) is 14.2. The van der Waals surface area contributed by atoms with Gasteiger partial charge in [-0.2, -0.15) is 5.26 Å². The second kappa shape index (κ2) is 21.6. The van der Waals surface area contributed by atoms with Crippen LogP contribution in [0.15, 0.2) is 90.2 Å². The van der Waals surface area contributed by atoms with Crippen LogP contribution in [0.4, 0.5) is 4.39 Å². The molecule has 1 aliphatic carbocycles. The lowest BCUT2D eigenvalue weighted by molar-refractivity contribution is 0.285. The molecular formula is C34H48FN3O. The van der Waals surface area contributed by atoms with Crippen molar-refractivity contribution in [3.8, 4) is 6.19 Å². The average Bonchev–Trinajstić information content (AvgIpc) is 3.34. The van der Waals surface area contributed by atoms with Crippen molar-refractivity contribution in [2.24, 2.45) is 5.92 Å². The summed E-state index contributed by atoms with van der Waals surface area (Å²) in [5.41, 5.74) is 4.06. The molecule has 0 saturated heterocycles. The Morgan fingerprint density at radius 2 is 1.51 bits per heavy atom. The molecule has 0 aromatic heterocycles. The highest BCUT2D eigenvalue weighted by Gasteiger charge is 2.11. The smallest absolute Gasteiger partial charge is 0.179 e. The second-order valence-electron chi connectivity index (χ2n) is 9.46. The van der Waals surface area contributed by atoms with E-state index in [1.165, 1.54) is 48.1 Å². The minimum absolute atomic E-state index is 0.178. The number of ether oxygens (including phenoxy) is 1. The number of nitrogens with one attached hydrogen (secondary N) is 1. The summed E-state index contributed by atoms with van der Waals surface area (Å²) in [5, 5.41) is 11.9. The van der Waals surface area contributed by atoms with Crippen molar-refractivity contribution in [1.82, 2.24) is 10.2 Å². The van der Waals surface area contributed by atoms with Gasteiger partial charge in [0.15, 0.2) is 6.19 Å². The predicted octanol–water partition coefficient (Wildman–Crippen LogP) is 7.85. The van der Waals surface area contributed by atoms with Crippen LogP contribution in [0.1, 0.15) is 57.6 Å². The monoisotopic (exact) mass is 533 g/mol. The molecule has 1 aliphatic heterocycles. The summed E-state index contributed by atoms with van der Waals surface area (Å²) in [6.07, 6.45) is 17.5. The van der Waals surface area contributed by atoms with Crippen molar-refractivity contribution in [3.05, 3.63) is 107 Å². The molecule has 4 rings (SSSR count). The van der Waals surface area contributed by atoms with Gasteiger partial charge in [0.05, 0.1) is 12.9 Å². The summed E-state index contributed by atoms with van der Waals surface area (Å²) in [4.78, 5) is 1.83. The fourth-order valence-corrected chi connectivity index (χ4v) is 4.19. The molecule has 39 heavy (non-hydrogen) atoms. The molecule has 0 saturated carbocycles. The van der Waals surface area contributed by atoms with Crippen molar-refractivity contribution in [2.75, 3.05) is 33.8 Å². The highest BCUT2D eigenvalue weighted by Crippen LogP contribution is 2.15. The lowest BCUT2D eigenvalue weighted by Gasteiger charge is -2.09. The number of allylic oxidation sites excluding steroid dienone is 3. The van der Waals surface area contributed by atoms with E-state index in [0.29, 0.717) is 0 Å². The highest BCUT2D eigenvalue weighted by molar-refractivity contribution is 5.31. The maximum absolute atomic E-state index is 11.9. The van der Waals surface area contributed by atoms with Gasteiger partial charge in [-0.05, 0) is 60.7 Å². The number of likely N-dealkylation sites (N-methyl/N-ethyl adjacent to an activating group) is 1. The van der Waals surface area contributed by atoms with Gasteiger partial charge in [-0.25, -0.2) is 4.39 Å². The molecule has 2 aliphatic rings. The van der Waals surface area contributed by atoms with Gasteiger partial charge in [0.25, 0.3) is 0 Å². The maximum atomic E-state index is 11.9. The molecule has 0 unspecified atom stereocenters. The summed E-state index contributed by atoms with van der Waals surface area (Å²) in [6, 6.07) is 16.4. The highest BCUT2D eigenvalue weighted by atomic mass is 19.1. The standard InChI is InChI=1S/C11H12N2.C10H15NO.C7H16.C6H5F/c12-9-13-7-5-10-3-1-2-4-11(10)6-8-13;1-11-8-9-5-3-4-6-10(7-9)12-2;1-4-7(5-2)6-3;7-6-4-2-1-3-5-6/h1-4H,5-8H2;3-5,7,11H,6,8H2,1-2H3;7H,4-6H2,1-3H3;1-5H. The molecule has 2 aromatic carbocycles. The number of benzene rings is 2. The zero-order chi connectivity index (χ0) is 28.7. The van der Waals surface area contributed by atoms with Crippen LogP contribution < -0.4 is 5.32 Å². The summed E-state index contributed by atoms with van der Waals surface area (Å²) >= 11 is 0. The van der Waals surface area contributed by atoms with Crippen LogP contribution in [0.2, 0.25) is 0 Å². The Bertz CT molecular complexity index is 1000. The summed E-state index contributed by atoms with van der Waals surface area (Å²) in [6.45, 7) is 9.41. The molecule has 0 bridgehead atoms. The third kappa shape index (κ3) is 15.0. The zero-order valence-electron chi connectivity index (χ0n) is 24.6. The molecule has 0 radical (unpaired) electrons. The van der Waals surface area contributed by atoms with Gasteiger partial charge in [-0.15, -0.1) is 0 Å². The van der Waals surface area contributed by atoms with Crippen LogP contribution in [-0.2, 0) is 17.6 Å². The number of fused-ring (bicyclic) bond motifs is 1. The van der Waals surface area contributed by atoms with Crippen LogP contribution in [0, 0.1) is 23.2 Å². The van der Waals surface area contributed by atoms with Gasteiger partial charge in [0, 0.05) is 26.1 Å². The van der Waals surface area contributed by atoms with Crippen LogP contribution in [0.3, 0.4) is 0 Å². The van der Waals surface area contributed by atoms with Gasteiger partial charge < -0.3 is 15.0 Å². The fraction of sp³-hybridized carbons (Fsp3) is 0.441. The van der Waals surface area contributed by atoms with Gasteiger partial charge in [0.1, 0.15) is 5.82 Å². The van der Waals surface area contributed by atoms with Gasteiger partial charge in [-0.1, -0.05) is 101 Å². The summed E-state index contributed by atoms with van der Waals surface area (Å²) < 4.78 is 17.1. The molecule has 0 atom stereocenters. The molecule has 0 spiro atoms. The molecule has 4 nitrogen and oxygen atoms in total. The number of hydrogen-bond donors (Lipinski definition) is 1. The Labute approximate surface area is 236 Å². The van der Waals surface area contributed by atoms with Crippen molar-refractivity contribution in [1.29, 1.82) is 5.26 Å². The Balaban J connectivity index is 0.000000271. The van der Waals surface area contributed by atoms with Gasteiger partial charge >= 0.3 is 0 Å². The maximum Gasteiger partial charge on any atom is 0.179 e. The topological polar surface area (TPSA) is 48.3 Å². The van der Waals surface area contributed by atoms with E-state index < -0.39 is 0 Å². The van der Waals surface area contributed by atoms with Gasteiger partial charge in [0.2, 0.25) is 0 Å². The van der Waals surface area contributed by atoms with Crippen LogP contribution in [-0.4, -0.2) is 38.7 Å². The van der Waals surface area contributed by atoms with E-state index in [1.807, 2.05) is 11.9 Å². The van der Waals surface area contributed by atoms with E-state index in [1.54, 1.807) is 25.3 Å². The molecule has 2 aromatic rings. The van der Waals surface area contributed by atoms with E-state index in [-0.39, 0.29) is 5.82 Å². The fourth-order valence-electron chi connectivity index (χ4n) is 4.19. The molecular weight excluding hydrogens is 485 g/mol. The predicted molar refractivity (Wildman–Crippen MR) is 163 cm³/mol. The Hall–Kier alpha value is -3.36. The second-order valence-corrected chi connectivity index (χ2v) is 9.46. The Morgan fingerprint density at radius 3 is 1.92 bits per heavy atom. The van der Waals surface area contributed by atoms with Gasteiger partial charge in [-0.3, -0.25) is 0 Å². The van der Waals surface area contributed by atoms with E-state index >= 15 is 0 Å². The quantitative estimate of drug-likeness (QED) is 0.384. The molecule has 212 valence electrons. The normalized spacial score (nSPS) is 13.7. The zero-order valence-corrected chi connectivity index (χ0v) is 24.6. The van der Waals surface area contributed by atoms with E-state index in [2.05, 4.69) is 80.9 Å². The first-order valence-corrected chi connectivity index (χ1v) is 14.2. The van der Waals surface area contributed by atoms with E-state index in [9.17, 15) is 4.39 Å². The minimum atomic E-state index is -0.178. The van der Waals surface area contributed by atoms with Crippen LogP contribution in [0.25, 0.3) is 0 Å². The average molecular weight is 534 g/mol. The number of nitrogens with zero attached hydrogens (tertiary/aromatic N) is 2. The Morgan fingerprint density at radius 1 is 0.949 bits per heavy atom. The number of halogens is 1. The number of hydrogen-bond acceptors (Lipinski definition) is 4. The van der Waals surface area contributed by atoms with Crippen LogP contribution >= 0.6 is 0 Å². The molecule has 0 fully saturated rings. The summed E-state index contributed by atoms with van der Waals surface area (Å²) in [7, 11) is 3.65. The lowest BCUT2D eigenvalue weighted by atomic mass is 10.0. The molecule has 0 amide bonds. The van der Waals surface area contributed by atoms with Crippen molar-refractivity contribution >= 4 is 0 Å². The Kier molecular flexibility index (Phi) is 18.6. The molecule has 1 N–H and O–H groups in total.